The third-order valence-corrected chi connectivity index (χ3v) is 5.39. The molecule has 4 rings (SSSR count). The Morgan fingerprint density at radius 3 is 2.83 bits per heavy atom. The molecule has 3 aromatic rings. The standard InChI is InChI=1S/C22H21FN4O3/c1-3-21-25-18-7-5-4-6-15(18)22(28)27(21)12-14-9-19(30-26-14)16-10-20(29-2)17(23)8-13(16)11-24/h8-10H,3-7,12H2,1-2H3. The maximum Gasteiger partial charge on any atom is 0.257 e. The van der Waals surface area contributed by atoms with Crippen LogP contribution in [0.1, 0.15) is 48.1 Å². The first-order valence-corrected chi connectivity index (χ1v) is 9.90. The molecule has 0 unspecified atom stereocenters. The number of rotatable bonds is 5. The van der Waals surface area contributed by atoms with E-state index in [4.69, 9.17) is 14.2 Å². The van der Waals surface area contributed by atoms with Crippen LogP contribution in [0, 0.1) is 17.1 Å². The van der Waals surface area contributed by atoms with Crippen molar-refractivity contribution in [1.29, 1.82) is 5.26 Å². The molecule has 1 aliphatic rings. The molecule has 2 aromatic heterocycles. The van der Waals surface area contributed by atoms with Crippen molar-refractivity contribution in [3.8, 4) is 23.1 Å². The van der Waals surface area contributed by atoms with Crippen LogP contribution < -0.4 is 10.3 Å². The third-order valence-electron chi connectivity index (χ3n) is 5.39. The number of fused-ring (bicyclic) bond motifs is 1. The van der Waals surface area contributed by atoms with Crippen LogP contribution in [0.5, 0.6) is 5.75 Å². The molecule has 2 heterocycles. The second-order valence-electron chi connectivity index (χ2n) is 7.23. The molecule has 0 atom stereocenters. The smallest absolute Gasteiger partial charge is 0.257 e. The van der Waals surface area contributed by atoms with Crippen molar-refractivity contribution in [3.63, 3.8) is 0 Å². The largest absolute Gasteiger partial charge is 0.494 e. The first-order valence-electron chi connectivity index (χ1n) is 9.90. The minimum absolute atomic E-state index is 0.00493. The second kappa shape index (κ2) is 8.11. The van der Waals surface area contributed by atoms with Gasteiger partial charge in [-0.15, -0.1) is 0 Å². The molecule has 30 heavy (non-hydrogen) atoms. The summed E-state index contributed by atoms with van der Waals surface area (Å²) >= 11 is 0. The van der Waals surface area contributed by atoms with Crippen molar-refractivity contribution in [2.45, 2.75) is 45.6 Å². The number of hydrogen-bond acceptors (Lipinski definition) is 6. The van der Waals surface area contributed by atoms with Crippen molar-refractivity contribution in [2.24, 2.45) is 0 Å². The van der Waals surface area contributed by atoms with Crippen LogP contribution in [0.2, 0.25) is 0 Å². The lowest BCUT2D eigenvalue weighted by atomic mass is 9.97. The van der Waals surface area contributed by atoms with Crippen LogP contribution in [0.25, 0.3) is 11.3 Å². The summed E-state index contributed by atoms with van der Waals surface area (Å²) in [5, 5.41) is 13.4. The van der Waals surface area contributed by atoms with Crippen LogP contribution in [0.4, 0.5) is 4.39 Å². The van der Waals surface area contributed by atoms with Gasteiger partial charge in [-0.2, -0.15) is 5.26 Å². The van der Waals surface area contributed by atoms with E-state index in [1.54, 1.807) is 10.6 Å². The number of nitriles is 1. The minimum Gasteiger partial charge on any atom is -0.494 e. The number of ether oxygens (including phenoxy) is 1. The zero-order chi connectivity index (χ0) is 21.3. The van der Waals surface area contributed by atoms with Crippen LogP contribution in [-0.4, -0.2) is 21.8 Å². The molecular formula is C22H21FN4O3. The topological polar surface area (TPSA) is 93.9 Å². The molecule has 0 aliphatic heterocycles. The van der Waals surface area contributed by atoms with E-state index in [1.165, 1.54) is 13.2 Å². The fraction of sp³-hybridized carbons (Fsp3) is 0.364. The van der Waals surface area contributed by atoms with Crippen molar-refractivity contribution in [2.75, 3.05) is 7.11 Å². The van der Waals surface area contributed by atoms with Crippen LogP contribution in [-0.2, 0) is 25.8 Å². The highest BCUT2D eigenvalue weighted by Gasteiger charge is 2.21. The van der Waals surface area contributed by atoms with Gasteiger partial charge in [-0.1, -0.05) is 12.1 Å². The molecule has 1 aromatic carbocycles. The van der Waals surface area contributed by atoms with Gasteiger partial charge >= 0.3 is 0 Å². The summed E-state index contributed by atoms with van der Waals surface area (Å²) in [5.74, 6) is 0.394. The van der Waals surface area contributed by atoms with Gasteiger partial charge in [0.1, 0.15) is 17.6 Å². The van der Waals surface area contributed by atoms with Crippen molar-refractivity contribution < 1.29 is 13.7 Å². The van der Waals surface area contributed by atoms with Crippen molar-refractivity contribution in [3.05, 3.63) is 62.7 Å². The van der Waals surface area contributed by atoms with Gasteiger partial charge in [0, 0.05) is 23.6 Å². The van der Waals surface area contributed by atoms with Gasteiger partial charge in [0.05, 0.1) is 24.9 Å². The summed E-state index contributed by atoms with van der Waals surface area (Å²) in [6.45, 7) is 2.18. The van der Waals surface area contributed by atoms with E-state index in [9.17, 15) is 14.4 Å². The number of aryl methyl sites for hydroxylation is 2. The summed E-state index contributed by atoms with van der Waals surface area (Å²) in [4.78, 5) is 17.8. The van der Waals surface area contributed by atoms with Crippen molar-refractivity contribution >= 4 is 0 Å². The van der Waals surface area contributed by atoms with E-state index in [0.717, 1.165) is 43.0 Å². The highest BCUT2D eigenvalue weighted by atomic mass is 19.1. The molecule has 0 radical (unpaired) electrons. The van der Waals surface area contributed by atoms with E-state index in [2.05, 4.69) is 5.16 Å². The lowest BCUT2D eigenvalue weighted by molar-refractivity contribution is 0.385. The maximum absolute atomic E-state index is 13.9. The molecule has 0 amide bonds. The van der Waals surface area contributed by atoms with E-state index in [-0.39, 0.29) is 23.4 Å². The van der Waals surface area contributed by atoms with Crippen molar-refractivity contribution in [1.82, 2.24) is 14.7 Å². The van der Waals surface area contributed by atoms with E-state index < -0.39 is 5.82 Å². The highest BCUT2D eigenvalue weighted by molar-refractivity contribution is 5.68. The maximum atomic E-state index is 13.9. The van der Waals surface area contributed by atoms with Crippen LogP contribution in [0.15, 0.2) is 27.5 Å². The zero-order valence-electron chi connectivity index (χ0n) is 16.9. The summed E-state index contributed by atoms with van der Waals surface area (Å²) in [6.07, 6.45) is 4.27. The first-order chi connectivity index (χ1) is 14.5. The number of halogens is 1. The summed E-state index contributed by atoms with van der Waals surface area (Å²) in [7, 11) is 1.35. The number of methoxy groups -OCH3 is 1. The lowest BCUT2D eigenvalue weighted by Crippen LogP contribution is -2.32. The molecule has 154 valence electrons. The Labute approximate surface area is 172 Å². The van der Waals surface area contributed by atoms with Gasteiger partial charge in [-0.3, -0.25) is 9.36 Å². The van der Waals surface area contributed by atoms with Gasteiger partial charge in [-0.05, 0) is 37.8 Å². The molecule has 0 fully saturated rings. The lowest BCUT2D eigenvalue weighted by Gasteiger charge is -2.18. The Morgan fingerprint density at radius 1 is 1.30 bits per heavy atom. The number of benzene rings is 1. The fourth-order valence-corrected chi connectivity index (χ4v) is 3.85. The van der Waals surface area contributed by atoms with E-state index >= 15 is 0 Å². The van der Waals surface area contributed by atoms with E-state index in [1.807, 2.05) is 13.0 Å². The predicted octanol–water partition coefficient (Wildman–Crippen LogP) is 3.41. The monoisotopic (exact) mass is 408 g/mol. The Balaban J connectivity index is 1.72. The second-order valence-corrected chi connectivity index (χ2v) is 7.23. The van der Waals surface area contributed by atoms with Crippen LogP contribution in [0.3, 0.4) is 0 Å². The zero-order valence-corrected chi connectivity index (χ0v) is 16.9. The number of nitrogens with zero attached hydrogens (tertiary/aromatic N) is 4. The molecule has 7 nitrogen and oxygen atoms in total. The van der Waals surface area contributed by atoms with Gasteiger partial charge in [0.15, 0.2) is 17.3 Å². The Morgan fingerprint density at radius 2 is 2.10 bits per heavy atom. The molecular weight excluding hydrogens is 387 g/mol. The first kappa shape index (κ1) is 19.8. The fourth-order valence-electron chi connectivity index (χ4n) is 3.85. The molecule has 0 spiro atoms. The minimum atomic E-state index is -0.628. The normalized spacial score (nSPS) is 13.0. The Hall–Kier alpha value is -3.47. The van der Waals surface area contributed by atoms with Gasteiger partial charge in [0.2, 0.25) is 0 Å². The predicted molar refractivity (Wildman–Crippen MR) is 107 cm³/mol. The number of hydrogen-bond donors (Lipinski definition) is 0. The average Bonchev–Trinajstić information content (AvgIpc) is 3.23. The molecule has 0 N–H and O–H groups in total. The molecule has 1 aliphatic carbocycles. The average molecular weight is 408 g/mol. The SMILES string of the molecule is CCc1nc2c(c(=O)n1Cc1cc(-c3cc(OC)c(F)cc3C#N)on1)CCCC2. The van der Waals surface area contributed by atoms with Gasteiger partial charge in [0.25, 0.3) is 5.56 Å². The Kier molecular flexibility index (Phi) is 5.36. The van der Waals surface area contributed by atoms with Crippen LogP contribution >= 0.6 is 0 Å². The number of aromatic nitrogens is 3. The highest BCUT2D eigenvalue weighted by Crippen LogP contribution is 2.30. The van der Waals surface area contributed by atoms with E-state index in [0.29, 0.717) is 29.3 Å². The molecule has 0 saturated carbocycles. The Bertz CT molecular complexity index is 1210. The molecule has 8 heteroatoms. The van der Waals surface area contributed by atoms with Gasteiger partial charge < -0.3 is 9.26 Å². The van der Waals surface area contributed by atoms with Gasteiger partial charge in [-0.25, -0.2) is 9.37 Å². The molecule has 0 saturated heterocycles. The molecule has 0 bridgehead atoms. The summed E-state index contributed by atoms with van der Waals surface area (Å²) in [6, 6.07) is 6.12. The quantitative estimate of drug-likeness (QED) is 0.642. The summed E-state index contributed by atoms with van der Waals surface area (Å²) < 4.78 is 26.0. The third kappa shape index (κ3) is 3.47. The summed E-state index contributed by atoms with van der Waals surface area (Å²) in [5.41, 5.74) is 2.68.